The Morgan fingerprint density at radius 1 is 0.833 bits per heavy atom. The van der Waals surface area contributed by atoms with Gasteiger partial charge in [-0.1, -0.05) is 12.1 Å². The van der Waals surface area contributed by atoms with E-state index in [1.54, 1.807) is 0 Å². The Morgan fingerprint density at radius 3 is 2.14 bits per heavy atom. The molecule has 9 nitrogen and oxygen atoms in total. The van der Waals surface area contributed by atoms with E-state index in [1.165, 1.54) is 72.8 Å². The third kappa shape index (κ3) is 10.5. The van der Waals surface area contributed by atoms with Gasteiger partial charge in [-0.15, -0.1) is 0 Å². The zero-order valence-electron chi connectivity index (χ0n) is 22.8. The lowest BCUT2D eigenvalue weighted by molar-refractivity contribution is -0.185. The summed E-state index contributed by atoms with van der Waals surface area (Å²) in [7, 11) is 0. The number of ether oxygens (including phenoxy) is 4. The van der Waals surface area contributed by atoms with Gasteiger partial charge in [-0.25, -0.2) is 9.59 Å². The quantitative estimate of drug-likeness (QED) is 0.0978. The minimum Gasteiger partial charge on any atom is -0.494 e. The number of nitrogen functional groups attached to an aromatic ring is 2. The predicted octanol–water partition coefficient (Wildman–Crippen LogP) is 5.86. The van der Waals surface area contributed by atoms with Crippen molar-refractivity contribution >= 4 is 29.4 Å². The maximum atomic E-state index is 14.7. The van der Waals surface area contributed by atoms with E-state index >= 15 is 0 Å². The van der Waals surface area contributed by atoms with Crippen molar-refractivity contribution in [1.29, 1.82) is 5.26 Å². The second-order valence-corrected chi connectivity index (χ2v) is 9.05. The fraction of sp³-hybridized carbons (Fsp3) is 0.258. The fourth-order valence-corrected chi connectivity index (χ4v) is 3.64. The molecule has 0 saturated carbocycles. The summed E-state index contributed by atoms with van der Waals surface area (Å²) in [5, 5.41) is 8.53. The van der Waals surface area contributed by atoms with Gasteiger partial charge in [-0.2, -0.15) is 14.0 Å². The summed E-state index contributed by atoms with van der Waals surface area (Å²) < 4.78 is 49.8. The number of hydrogen-bond acceptors (Lipinski definition) is 9. The number of hydrogen-bond donors (Lipinski definition) is 2. The van der Waals surface area contributed by atoms with Crippen LogP contribution in [0.4, 0.5) is 20.2 Å². The number of benzene rings is 3. The summed E-state index contributed by atoms with van der Waals surface area (Å²) in [6.45, 7) is 0.0885. The minimum absolute atomic E-state index is 0.0684. The second-order valence-electron chi connectivity index (χ2n) is 9.05. The zero-order valence-corrected chi connectivity index (χ0v) is 22.8. The maximum Gasteiger partial charge on any atom is 0.426 e. The molecule has 0 unspecified atom stereocenters. The summed E-state index contributed by atoms with van der Waals surface area (Å²) in [6, 6.07) is 17.5. The van der Waals surface area contributed by atoms with Crippen LogP contribution < -0.4 is 20.9 Å². The highest BCUT2D eigenvalue weighted by Gasteiger charge is 2.34. The topological polar surface area (TPSA) is 147 Å². The molecule has 0 amide bonds. The Kier molecular flexibility index (Phi) is 11.7. The first-order valence-electron chi connectivity index (χ1n) is 13.1. The van der Waals surface area contributed by atoms with Crippen LogP contribution in [-0.4, -0.2) is 31.8 Å². The zero-order chi connectivity index (χ0) is 30.4. The van der Waals surface area contributed by atoms with Gasteiger partial charge in [0.15, 0.2) is 0 Å². The molecule has 0 heterocycles. The molecule has 0 aromatic heterocycles. The predicted molar refractivity (Wildman–Crippen MR) is 153 cm³/mol. The van der Waals surface area contributed by atoms with Crippen LogP contribution in [0.15, 0.2) is 72.8 Å². The average Bonchev–Trinajstić information content (AvgIpc) is 2.96. The highest BCUT2D eigenvalue weighted by molar-refractivity contribution is 5.91. The Bertz CT molecular complexity index is 1380. The molecular weight excluding hydrogens is 548 g/mol. The largest absolute Gasteiger partial charge is 0.494 e. The molecule has 0 aliphatic carbocycles. The van der Waals surface area contributed by atoms with E-state index in [0.29, 0.717) is 35.7 Å². The van der Waals surface area contributed by atoms with Crippen molar-refractivity contribution in [2.45, 2.75) is 31.8 Å². The fourth-order valence-electron chi connectivity index (χ4n) is 3.64. The van der Waals surface area contributed by atoms with Crippen molar-refractivity contribution in [2.24, 2.45) is 0 Å². The number of unbranched alkanes of at least 4 members (excludes halogenated alkanes) is 3. The molecule has 0 spiro atoms. The lowest BCUT2D eigenvalue weighted by Crippen LogP contribution is -2.21. The molecule has 0 bridgehead atoms. The van der Waals surface area contributed by atoms with Gasteiger partial charge in [0.25, 0.3) is 0 Å². The summed E-state index contributed by atoms with van der Waals surface area (Å²) in [4.78, 5) is 24.0. The molecule has 0 radical (unpaired) electrons. The first-order chi connectivity index (χ1) is 20.2. The Hall–Kier alpha value is -5.11. The standard InChI is InChI=1S/C31H31F2N3O6/c32-31(33,24-8-12-27(13-9-24)39-16-4-2-1-3-15-34)42-28-10-5-22(6-11-28)7-14-29(37)40-17-18-41-30(38)23-19-25(35)21-26(36)20-23/h5-14,19-21H,1-4,16-18,35-36H2. The van der Waals surface area contributed by atoms with Crippen LogP contribution in [0.5, 0.6) is 11.5 Å². The van der Waals surface area contributed by atoms with Crippen LogP contribution in [0.2, 0.25) is 0 Å². The normalized spacial score (nSPS) is 11.1. The smallest absolute Gasteiger partial charge is 0.426 e. The number of esters is 2. The number of nitrogens with zero attached hydrogens (tertiary/aromatic N) is 1. The Morgan fingerprint density at radius 2 is 1.48 bits per heavy atom. The van der Waals surface area contributed by atoms with Gasteiger partial charge >= 0.3 is 18.0 Å². The Balaban J connectivity index is 1.40. The molecule has 220 valence electrons. The number of carbonyl (C=O) groups is 2. The summed E-state index contributed by atoms with van der Waals surface area (Å²) in [5.41, 5.74) is 12.3. The van der Waals surface area contributed by atoms with Crippen molar-refractivity contribution < 1.29 is 37.3 Å². The van der Waals surface area contributed by atoms with E-state index in [-0.39, 0.29) is 30.1 Å². The molecular formula is C31H31F2N3O6. The molecule has 0 fully saturated rings. The minimum atomic E-state index is -3.58. The molecule has 11 heteroatoms. The monoisotopic (exact) mass is 579 g/mol. The number of halogens is 2. The third-order valence-electron chi connectivity index (χ3n) is 5.70. The molecule has 3 aromatic carbocycles. The van der Waals surface area contributed by atoms with Crippen LogP contribution in [0.25, 0.3) is 6.08 Å². The van der Waals surface area contributed by atoms with Gasteiger partial charge in [0.2, 0.25) is 0 Å². The second kappa shape index (κ2) is 15.6. The van der Waals surface area contributed by atoms with Crippen molar-refractivity contribution in [2.75, 3.05) is 31.3 Å². The molecule has 0 atom stereocenters. The third-order valence-corrected chi connectivity index (χ3v) is 5.70. The molecule has 3 aromatic rings. The first-order valence-corrected chi connectivity index (χ1v) is 13.1. The number of nitriles is 1. The highest BCUT2D eigenvalue weighted by Crippen LogP contribution is 2.32. The van der Waals surface area contributed by atoms with Gasteiger partial charge in [0.1, 0.15) is 24.7 Å². The highest BCUT2D eigenvalue weighted by atomic mass is 19.3. The lowest BCUT2D eigenvalue weighted by atomic mass is 10.2. The van der Waals surface area contributed by atoms with Crippen molar-refractivity contribution in [3.63, 3.8) is 0 Å². The summed E-state index contributed by atoms with van der Waals surface area (Å²) in [5.74, 6) is -0.942. The van der Waals surface area contributed by atoms with Gasteiger partial charge in [0.05, 0.1) is 23.8 Å². The average molecular weight is 580 g/mol. The van der Waals surface area contributed by atoms with Crippen molar-refractivity contribution in [3.05, 3.63) is 89.5 Å². The number of rotatable bonds is 15. The molecule has 42 heavy (non-hydrogen) atoms. The van der Waals surface area contributed by atoms with E-state index in [0.717, 1.165) is 25.3 Å². The number of anilines is 2. The van der Waals surface area contributed by atoms with E-state index in [4.69, 9.17) is 35.7 Å². The summed E-state index contributed by atoms with van der Waals surface area (Å²) >= 11 is 0. The van der Waals surface area contributed by atoms with E-state index in [1.807, 2.05) is 0 Å². The number of alkyl halides is 2. The van der Waals surface area contributed by atoms with Crippen LogP contribution in [0.3, 0.4) is 0 Å². The van der Waals surface area contributed by atoms with E-state index < -0.39 is 18.0 Å². The number of nitrogens with two attached hydrogens (primary N) is 2. The van der Waals surface area contributed by atoms with Gasteiger partial charge < -0.3 is 30.4 Å². The maximum absolute atomic E-state index is 14.7. The van der Waals surface area contributed by atoms with E-state index in [2.05, 4.69) is 6.07 Å². The molecule has 4 N–H and O–H groups in total. The van der Waals surface area contributed by atoms with Gasteiger partial charge in [0, 0.05) is 23.9 Å². The lowest BCUT2D eigenvalue weighted by Gasteiger charge is -2.18. The molecule has 0 aliphatic rings. The van der Waals surface area contributed by atoms with Gasteiger partial charge in [-0.05, 0) is 85.5 Å². The van der Waals surface area contributed by atoms with Crippen molar-refractivity contribution in [3.8, 4) is 17.6 Å². The molecule has 0 aliphatic heterocycles. The van der Waals surface area contributed by atoms with Crippen LogP contribution in [0, 0.1) is 11.3 Å². The number of carbonyl (C=O) groups excluding carboxylic acids is 2. The Labute approximate surface area is 242 Å². The molecule has 0 saturated heterocycles. The summed E-state index contributed by atoms with van der Waals surface area (Å²) in [6.07, 6.45) is 1.95. The van der Waals surface area contributed by atoms with Crippen LogP contribution >= 0.6 is 0 Å². The van der Waals surface area contributed by atoms with Crippen LogP contribution in [-0.2, 0) is 20.4 Å². The van der Waals surface area contributed by atoms with Crippen molar-refractivity contribution in [1.82, 2.24) is 0 Å². The van der Waals surface area contributed by atoms with Crippen LogP contribution in [0.1, 0.15) is 47.2 Å². The van der Waals surface area contributed by atoms with Gasteiger partial charge in [-0.3, -0.25) is 0 Å². The molecule has 3 rings (SSSR count). The SMILES string of the molecule is N#CCCCCCOc1ccc(C(F)(F)Oc2ccc(C=CC(=O)OCCOC(=O)c3cc(N)cc(N)c3)cc2)cc1. The van der Waals surface area contributed by atoms with E-state index in [9.17, 15) is 18.4 Å². The first kappa shape index (κ1) is 31.4.